The van der Waals surface area contributed by atoms with E-state index in [0.717, 1.165) is 32.8 Å². The molecule has 0 atom stereocenters. The van der Waals surface area contributed by atoms with Crippen molar-refractivity contribution in [3.63, 3.8) is 0 Å². The van der Waals surface area contributed by atoms with Crippen LogP contribution in [0.3, 0.4) is 0 Å². The molecule has 134 valence electrons. The Labute approximate surface area is 157 Å². The molecule has 0 aliphatic carbocycles. The van der Waals surface area contributed by atoms with Crippen molar-refractivity contribution in [3.05, 3.63) is 52.0 Å². The fourth-order valence-electron chi connectivity index (χ4n) is 2.36. The summed E-state index contributed by atoms with van der Waals surface area (Å²) in [6, 6.07) is 11.3. The fourth-order valence-corrected chi connectivity index (χ4v) is 3.04. The van der Waals surface area contributed by atoms with Gasteiger partial charge >= 0.3 is 0 Å². The van der Waals surface area contributed by atoms with E-state index >= 15 is 0 Å². The third kappa shape index (κ3) is 6.09. The van der Waals surface area contributed by atoms with Crippen LogP contribution in [0.1, 0.15) is 25.0 Å². The van der Waals surface area contributed by atoms with Crippen molar-refractivity contribution in [2.24, 2.45) is 5.92 Å². The number of anilines is 1. The summed E-state index contributed by atoms with van der Waals surface area (Å²) in [6.07, 6.45) is 0. The number of halogens is 1. The molecule has 2 aromatic rings. The summed E-state index contributed by atoms with van der Waals surface area (Å²) in [5.74, 6) is 1.82. The van der Waals surface area contributed by atoms with Gasteiger partial charge in [-0.3, -0.25) is 4.79 Å². The second-order valence-corrected chi connectivity index (χ2v) is 7.35. The molecule has 25 heavy (non-hydrogen) atoms. The molecular weight excluding hydrogens is 382 g/mol. The predicted molar refractivity (Wildman–Crippen MR) is 105 cm³/mol. The number of amides is 1. The minimum absolute atomic E-state index is 0.0328. The van der Waals surface area contributed by atoms with E-state index in [9.17, 15) is 4.79 Å². The molecule has 4 nitrogen and oxygen atoms in total. The quantitative estimate of drug-likeness (QED) is 0.695. The second kappa shape index (κ2) is 8.90. The highest BCUT2D eigenvalue weighted by Gasteiger charge is 2.09. The van der Waals surface area contributed by atoms with E-state index in [4.69, 9.17) is 9.47 Å². The van der Waals surface area contributed by atoms with Crippen LogP contribution in [0.25, 0.3) is 0 Å². The topological polar surface area (TPSA) is 47.6 Å². The van der Waals surface area contributed by atoms with Crippen LogP contribution in [0, 0.1) is 19.8 Å². The molecule has 0 fully saturated rings. The lowest BCUT2D eigenvalue weighted by molar-refractivity contribution is -0.118. The second-order valence-electron chi connectivity index (χ2n) is 6.43. The molecular formula is C20H24BrNO3. The monoisotopic (exact) mass is 405 g/mol. The molecule has 0 aliphatic rings. The number of carbonyl (C=O) groups excluding carboxylic acids is 1. The zero-order valence-corrected chi connectivity index (χ0v) is 16.6. The summed E-state index contributed by atoms with van der Waals surface area (Å²) in [6.45, 7) is 8.76. The lowest BCUT2D eigenvalue weighted by Gasteiger charge is -2.13. The SMILES string of the molecule is Cc1cc(Br)cc(C)c1OCC(=O)Nc1ccc(OCC(C)C)cc1. The Kier molecular flexibility index (Phi) is 6.88. The molecule has 0 aromatic heterocycles. The number of hydrogen-bond acceptors (Lipinski definition) is 3. The number of hydrogen-bond donors (Lipinski definition) is 1. The molecule has 0 heterocycles. The predicted octanol–water partition coefficient (Wildman–Crippen LogP) is 5.12. The van der Waals surface area contributed by atoms with Gasteiger partial charge in [0.2, 0.25) is 0 Å². The molecule has 2 rings (SSSR count). The van der Waals surface area contributed by atoms with Crippen molar-refractivity contribution in [3.8, 4) is 11.5 Å². The molecule has 0 saturated heterocycles. The molecule has 0 saturated carbocycles. The Bertz CT molecular complexity index is 703. The lowest BCUT2D eigenvalue weighted by atomic mass is 10.1. The number of benzene rings is 2. The fraction of sp³-hybridized carbons (Fsp3) is 0.350. The van der Waals surface area contributed by atoms with E-state index in [0.29, 0.717) is 12.5 Å². The molecule has 0 spiro atoms. The van der Waals surface area contributed by atoms with Crippen LogP contribution in [0.4, 0.5) is 5.69 Å². The van der Waals surface area contributed by atoms with Crippen LogP contribution >= 0.6 is 15.9 Å². The van der Waals surface area contributed by atoms with Gasteiger partial charge in [-0.05, 0) is 67.3 Å². The van der Waals surface area contributed by atoms with E-state index in [2.05, 4.69) is 35.1 Å². The first kappa shape index (κ1) is 19.3. The van der Waals surface area contributed by atoms with Crippen LogP contribution in [0.15, 0.2) is 40.9 Å². The standard InChI is InChI=1S/C20H24BrNO3/c1-13(2)11-24-18-7-5-17(6-8-18)22-19(23)12-25-20-14(3)9-16(21)10-15(20)4/h5-10,13H,11-12H2,1-4H3,(H,22,23). The Morgan fingerprint density at radius 1 is 1.08 bits per heavy atom. The van der Waals surface area contributed by atoms with E-state index in [-0.39, 0.29) is 12.5 Å². The number of ether oxygens (including phenoxy) is 2. The highest BCUT2D eigenvalue weighted by atomic mass is 79.9. The van der Waals surface area contributed by atoms with E-state index in [1.54, 1.807) is 0 Å². The van der Waals surface area contributed by atoms with Crippen molar-refractivity contribution in [1.82, 2.24) is 0 Å². The van der Waals surface area contributed by atoms with Crippen LogP contribution in [-0.2, 0) is 4.79 Å². The largest absolute Gasteiger partial charge is 0.493 e. The van der Waals surface area contributed by atoms with Gasteiger partial charge in [-0.25, -0.2) is 0 Å². The third-order valence-corrected chi connectivity index (χ3v) is 3.95. The Balaban J connectivity index is 1.88. The number of aryl methyl sites for hydroxylation is 2. The first-order valence-electron chi connectivity index (χ1n) is 8.27. The van der Waals surface area contributed by atoms with Gasteiger partial charge in [-0.2, -0.15) is 0 Å². The molecule has 0 bridgehead atoms. The summed E-state index contributed by atoms with van der Waals surface area (Å²) in [5, 5.41) is 2.83. The van der Waals surface area contributed by atoms with Crippen LogP contribution in [0.5, 0.6) is 11.5 Å². The summed E-state index contributed by atoms with van der Waals surface area (Å²) in [5.41, 5.74) is 2.70. The maximum Gasteiger partial charge on any atom is 0.262 e. The average Bonchev–Trinajstić information content (AvgIpc) is 2.53. The van der Waals surface area contributed by atoms with E-state index < -0.39 is 0 Å². The summed E-state index contributed by atoms with van der Waals surface area (Å²) in [4.78, 5) is 12.1. The molecule has 2 aromatic carbocycles. The first-order chi connectivity index (χ1) is 11.8. The maximum absolute atomic E-state index is 12.1. The highest BCUT2D eigenvalue weighted by Crippen LogP contribution is 2.27. The van der Waals surface area contributed by atoms with Crippen molar-refractivity contribution in [1.29, 1.82) is 0 Å². The Hall–Kier alpha value is -2.01. The molecule has 5 heteroatoms. The molecule has 0 unspecified atom stereocenters. The van der Waals surface area contributed by atoms with Gasteiger partial charge in [0.25, 0.3) is 5.91 Å². The minimum atomic E-state index is -0.197. The summed E-state index contributed by atoms with van der Waals surface area (Å²) in [7, 11) is 0. The van der Waals surface area contributed by atoms with Crippen molar-refractivity contribution in [2.75, 3.05) is 18.5 Å². The average molecular weight is 406 g/mol. The van der Waals surface area contributed by atoms with Crippen LogP contribution in [-0.4, -0.2) is 19.1 Å². The van der Waals surface area contributed by atoms with Gasteiger partial charge in [0.15, 0.2) is 6.61 Å². The zero-order valence-electron chi connectivity index (χ0n) is 15.1. The number of carbonyl (C=O) groups is 1. The minimum Gasteiger partial charge on any atom is -0.493 e. The lowest BCUT2D eigenvalue weighted by Crippen LogP contribution is -2.20. The smallest absolute Gasteiger partial charge is 0.262 e. The van der Waals surface area contributed by atoms with Gasteiger partial charge < -0.3 is 14.8 Å². The van der Waals surface area contributed by atoms with Gasteiger partial charge in [0, 0.05) is 10.2 Å². The van der Waals surface area contributed by atoms with Gasteiger partial charge in [-0.1, -0.05) is 29.8 Å². The first-order valence-corrected chi connectivity index (χ1v) is 9.06. The molecule has 0 aliphatic heterocycles. The molecule has 0 radical (unpaired) electrons. The highest BCUT2D eigenvalue weighted by molar-refractivity contribution is 9.10. The normalized spacial score (nSPS) is 10.6. The van der Waals surface area contributed by atoms with Crippen LogP contribution in [0.2, 0.25) is 0 Å². The van der Waals surface area contributed by atoms with Gasteiger partial charge in [0.1, 0.15) is 11.5 Å². The number of rotatable bonds is 7. The number of nitrogens with one attached hydrogen (secondary N) is 1. The summed E-state index contributed by atoms with van der Waals surface area (Å²) < 4.78 is 12.3. The maximum atomic E-state index is 12.1. The van der Waals surface area contributed by atoms with Gasteiger partial charge in [0.05, 0.1) is 6.61 Å². The Morgan fingerprint density at radius 3 is 2.24 bits per heavy atom. The van der Waals surface area contributed by atoms with E-state index in [1.165, 1.54) is 0 Å². The van der Waals surface area contributed by atoms with Crippen molar-refractivity contribution >= 4 is 27.5 Å². The van der Waals surface area contributed by atoms with Crippen molar-refractivity contribution in [2.45, 2.75) is 27.7 Å². The third-order valence-electron chi connectivity index (χ3n) is 3.49. The van der Waals surface area contributed by atoms with Crippen molar-refractivity contribution < 1.29 is 14.3 Å². The molecule has 1 N–H and O–H groups in total. The van der Waals surface area contributed by atoms with Gasteiger partial charge in [-0.15, -0.1) is 0 Å². The summed E-state index contributed by atoms with van der Waals surface area (Å²) >= 11 is 3.45. The Morgan fingerprint density at radius 2 is 1.68 bits per heavy atom. The zero-order chi connectivity index (χ0) is 18.4. The van der Waals surface area contributed by atoms with E-state index in [1.807, 2.05) is 50.2 Å². The van der Waals surface area contributed by atoms with Crippen LogP contribution < -0.4 is 14.8 Å². The molecule has 1 amide bonds.